The number of amides is 1. The van der Waals surface area contributed by atoms with Crippen LogP contribution in [0.3, 0.4) is 0 Å². The molecule has 0 radical (unpaired) electrons. The molecule has 32 heavy (non-hydrogen) atoms. The summed E-state index contributed by atoms with van der Waals surface area (Å²) < 4.78 is 14.8. The van der Waals surface area contributed by atoms with E-state index < -0.39 is 0 Å². The van der Waals surface area contributed by atoms with E-state index in [0.717, 1.165) is 21.9 Å². The van der Waals surface area contributed by atoms with Crippen molar-refractivity contribution < 1.29 is 9.18 Å². The molecule has 2 heterocycles. The van der Waals surface area contributed by atoms with Crippen LogP contribution in [-0.2, 0) is 0 Å². The zero-order valence-electron chi connectivity index (χ0n) is 17.3. The number of hydrogen-bond acceptors (Lipinski definition) is 2. The van der Waals surface area contributed by atoms with Crippen LogP contribution in [0, 0.1) is 5.82 Å². The molecule has 0 aliphatic carbocycles. The minimum absolute atomic E-state index is 0.277. The van der Waals surface area contributed by atoms with Gasteiger partial charge in [0.2, 0.25) is 0 Å². The van der Waals surface area contributed by atoms with Crippen molar-refractivity contribution in [2.24, 2.45) is 0 Å². The van der Waals surface area contributed by atoms with Gasteiger partial charge in [-0.1, -0.05) is 48.5 Å². The number of carbonyl (C=O) groups excluding carboxylic acids is 1. The van der Waals surface area contributed by atoms with Gasteiger partial charge >= 0.3 is 0 Å². The Bertz CT molecular complexity index is 1520. The number of carbonyl (C=O) groups is 1. The topological polar surface area (TPSA) is 66.4 Å². The van der Waals surface area contributed by atoms with Crippen molar-refractivity contribution in [2.45, 2.75) is 13.0 Å². The lowest BCUT2D eigenvalue weighted by molar-refractivity contribution is 0.0940. The number of aromatic nitrogens is 2. The number of hydrogen-bond donors (Lipinski definition) is 2. The number of halogens is 1. The molecule has 5 aromatic rings. The highest BCUT2D eigenvalue weighted by atomic mass is 19.1. The lowest BCUT2D eigenvalue weighted by Crippen LogP contribution is -2.26. The average molecular weight is 425 g/mol. The second kappa shape index (κ2) is 7.81. The highest BCUT2D eigenvalue weighted by molar-refractivity contribution is 5.96. The Morgan fingerprint density at radius 1 is 0.969 bits per heavy atom. The van der Waals surface area contributed by atoms with Gasteiger partial charge in [0.1, 0.15) is 11.3 Å². The molecule has 0 spiro atoms. The normalized spacial score (nSPS) is 12.2. The van der Waals surface area contributed by atoms with Gasteiger partial charge in [-0.05, 0) is 47.5 Å². The highest BCUT2D eigenvalue weighted by Gasteiger charge is 2.15. The molecule has 6 heteroatoms. The smallest absolute Gasteiger partial charge is 0.272 e. The standard InChI is InChI=1S/C26H20FN3O2/c1-16(17-8-10-22(27)11-9-17)28-25(31)21-13-24-26(32)29-23(15-30(24)14-21)20-7-6-18-4-2-3-5-19(18)12-20/h2-16H,1H3,(H,28,31)(H,29,32)/t16-/m1/s1. The van der Waals surface area contributed by atoms with Crippen LogP contribution in [0.15, 0.2) is 90.0 Å². The van der Waals surface area contributed by atoms with Gasteiger partial charge in [-0.15, -0.1) is 0 Å². The van der Waals surface area contributed by atoms with Gasteiger partial charge < -0.3 is 14.7 Å². The number of H-pyrrole nitrogens is 1. The largest absolute Gasteiger partial charge is 0.345 e. The van der Waals surface area contributed by atoms with Gasteiger partial charge in [-0.2, -0.15) is 0 Å². The fraction of sp³-hybridized carbons (Fsp3) is 0.0769. The molecule has 0 bridgehead atoms. The minimum Gasteiger partial charge on any atom is -0.345 e. The summed E-state index contributed by atoms with van der Waals surface area (Å²) >= 11 is 0. The summed E-state index contributed by atoms with van der Waals surface area (Å²) in [5.41, 5.74) is 2.82. The van der Waals surface area contributed by atoms with Gasteiger partial charge in [-0.3, -0.25) is 9.59 Å². The lowest BCUT2D eigenvalue weighted by Gasteiger charge is -2.13. The molecule has 0 unspecified atom stereocenters. The second-order valence-electron chi connectivity index (χ2n) is 7.83. The maximum atomic E-state index is 13.1. The first kappa shape index (κ1) is 19.8. The van der Waals surface area contributed by atoms with Gasteiger partial charge in [0.25, 0.3) is 11.5 Å². The van der Waals surface area contributed by atoms with Crippen LogP contribution in [0.4, 0.5) is 4.39 Å². The Morgan fingerprint density at radius 2 is 1.72 bits per heavy atom. The average Bonchev–Trinajstić information content (AvgIpc) is 3.24. The van der Waals surface area contributed by atoms with Gasteiger partial charge in [-0.25, -0.2) is 4.39 Å². The van der Waals surface area contributed by atoms with Gasteiger partial charge in [0.05, 0.1) is 17.3 Å². The zero-order valence-corrected chi connectivity index (χ0v) is 17.3. The predicted molar refractivity (Wildman–Crippen MR) is 123 cm³/mol. The van der Waals surface area contributed by atoms with Crippen molar-refractivity contribution in [1.29, 1.82) is 0 Å². The second-order valence-corrected chi connectivity index (χ2v) is 7.83. The summed E-state index contributed by atoms with van der Waals surface area (Å²) in [7, 11) is 0. The Hall–Kier alpha value is -4.19. The Kier molecular flexibility index (Phi) is 4.82. The molecule has 0 fully saturated rings. The summed E-state index contributed by atoms with van der Waals surface area (Å²) in [6, 6.07) is 21.3. The number of nitrogens with one attached hydrogen (secondary N) is 2. The Labute approximate surface area is 183 Å². The monoisotopic (exact) mass is 425 g/mol. The third kappa shape index (κ3) is 3.67. The summed E-state index contributed by atoms with van der Waals surface area (Å²) in [5, 5.41) is 5.09. The van der Waals surface area contributed by atoms with E-state index in [2.05, 4.69) is 10.3 Å². The van der Waals surface area contributed by atoms with E-state index in [0.29, 0.717) is 16.8 Å². The van der Waals surface area contributed by atoms with Crippen molar-refractivity contribution in [2.75, 3.05) is 0 Å². The van der Waals surface area contributed by atoms with E-state index in [1.165, 1.54) is 12.1 Å². The van der Waals surface area contributed by atoms with Gasteiger partial charge in [0, 0.05) is 18.0 Å². The molecule has 0 saturated carbocycles. The van der Waals surface area contributed by atoms with Crippen LogP contribution < -0.4 is 10.9 Å². The molecule has 158 valence electrons. The maximum Gasteiger partial charge on any atom is 0.272 e. The molecule has 1 atom stereocenters. The quantitative estimate of drug-likeness (QED) is 0.422. The molecule has 0 aliphatic rings. The predicted octanol–water partition coefficient (Wildman–Crippen LogP) is 5.08. The molecule has 2 N–H and O–H groups in total. The first-order valence-electron chi connectivity index (χ1n) is 10.3. The van der Waals surface area contributed by atoms with E-state index >= 15 is 0 Å². The maximum absolute atomic E-state index is 13.1. The first-order chi connectivity index (χ1) is 15.5. The van der Waals surface area contributed by atoms with E-state index in [9.17, 15) is 14.0 Å². The molecule has 5 rings (SSSR count). The van der Waals surface area contributed by atoms with Crippen molar-refractivity contribution in [3.05, 3.63) is 112 Å². The molecule has 3 aromatic carbocycles. The van der Waals surface area contributed by atoms with Crippen LogP contribution in [0.5, 0.6) is 0 Å². The first-order valence-corrected chi connectivity index (χ1v) is 10.3. The number of fused-ring (bicyclic) bond motifs is 2. The van der Waals surface area contributed by atoms with Crippen molar-refractivity contribution in [3.8, 4) is 11.3 Å². The molecule has 1 amide bonds. The van der Waals surface area contributed by atoms with Crippen molar-refractivity contribution in [1.82, 2.24) is 14.7 Å². The third-order valence-corrected chi connectivity index (χ3v) is 5.64. The number of rotatable bonds is 4. The van der Waals surface area contributed by atoms with Gasteiger partial charge in [0.15, 0.2) is 0 Å². The van der Waals surface area contributed by atoms with E-state index in [4.69, 9.17) is 0 Å². The van der Waals surface area contributed by atoms with Crippen molar-refractivity contribution in [3.63, 3.8) is 0 Å². The van der Waals surface area contributed by atoms with Crippen LogP contribution >= 0.6 is 0 Å². The fourth-order valence-corrected chi connectivity index (χ4v) is 3.87. The summed E-state index contributed by atoms with van der Waals surface area (Å²) in [5.74, 6) is -0.635. The molecular formula is C26H20FN3O2. The van der Waals surface area contributed by atoms with Crippen LogP contribution in [0.25, 0.3) is 27.5 Å². The minimum atomic E-state index is -0.326. The number of aromatic amines is 1. The number of nitrogens with zero attached hydrogens (tertiary/aromatic N) is 1. The van der Waals surface area contributed by atoms with Crippen LogP contribution in [-0.4, -0.2) is 15.3 Å². The zero-order chi connectivity index (χ0) is 22.2. The lowest BCUT2D eigenvalue weighted by atomic mass is 10.1. The third-order valence-electron chi connectivity index (χ3n) is 5.64. The molecular weight excluding hydrogens is 405 g/mol. The molecule has 0 aliphatic heterocycles. The van der Waals surface area contributed by atoms with E-state index in [1.807, 2.05) is 49.4 Å². The van der Waals surface area contributed by atoms with E-state index in [-0.39, 0.29) is 23.3 Å². The SMILES string of the molecule is C[C@@H](NC(=O)c1cc2c(=O)[nH]c(-c3ccc4ccccc4c3)cn2c1)c1ccc(F)cc1. The van der Waals surface area contributed by atoms with E-state index in [1.54, 1.807) is 35.0 Å². The summed E-state index contributed by atoms with van der Waals surface area (Å²) in [6.45, 7) is 1.82. The highest BCUT2D eigenvalue weighted by Crippen LogP contribution is 2.23. The molecule has 2 aromatic heterocycles. The van der Waals surface area contributed by atoms with Crippen LogP contribution in [0.1, 0.15) is 28.9 Å². The Balaban J connectivity index is 1.45. The summed E-state index contributed by atoms with van der Waals surface area (Å²) in [4.78, 5) is 28.4. The molecule has 5 nitrogen and oxygen atoms in total. The fourth-order valence-electron chi connectivity index (χ4n) is 3.87. The van der Waals surface area contributed by atoms with Crippen molar-refractivity contribution >= 4 is 22.2 Å². The number of benzene rings is 3. The summed E-state index contributed by atoms with van der Waals surface area (Å²) in [6.07, 6.45) is 3.45. The molecule has 0 saturated heterocycles. The Morgan fingerprint density at radius 3 is 2.50 bits per heavy atom. The van der Waals surface area contributed by atoms with Crippen LogP contribution in [0.2, 0.25) is 0 Å².